The van der Waals surface area contributed by atoms with Crippen LogP contribution in [0.15, 0.2) is 24.3 Å². The number of quaternary nitrogens is 1. The van der Waals surface area contributed by atoms with Crippen LogP contribution < -0.4 is 11.2 Å². The third-order valence-corrected chi connectivity index (χ3v) is 4.45. The molecule has 0 aromatic rings. The highest BCUT2D eigenvalue weighted by Crippen LogP contribution is 2.32. The molecule has 0 fully saturated rings. The number of nitrogens with one attached hydrogen (secondary N) is 1. The fraction of sp³-hybridized carbons (Fsp3) is 0.444. The van der Waals surface area contributed by atoms with Crippen molar-refractivity contribution in [1.29, 1.82) is 0 Å². The molecule has 1 atom stereocenters. The number of nitrogens with two attached hydrogens (primary N) is 1. The van der Waals surface area contributed by atoms with Crippen LogP contribution >= 0.6 is 0 Å². The number of carbonyl (C=O) groups is 1. The Morgan fingerprint density at radius 3 is 2.41 bits per heavy atom. The average Bonchev–Trinajstić information content (AvgIpc) is 2.15. The Morgan fingerprint density at radius 1 is 1.47 bits per heavy atom. The molecule has 0 aromatic heterocycles. The lowest BCUT2D eigenvalue weighted by atomic mass is 10.1. The van der Waals surface area contributed by atoms with Crippen molar-refractivity contribution < 1.29 is 22.4 Å². The normalized spacial score (nSPS) is 24.6. The minimum atomic E-state index is -4.43. The molecule has 0 radical (unpaired) electrons. The molecule has 0 saturated heterocycles. The van der Waals surface area contributed by atoms with Crippen molar-refractivity contribution in [2.45, 2.75) is 11.3 Å². The van der Waals surface area contributed by atoms with Crippen molar-refractivity contribution in [3.05, 3.63) is 24.3 Å². The second-order valence-electron chi connectivity index (χ2n) is 4.24. The van der Waals surface area contributed by atoms with Crippen molar-refractivity contribution in [2.24, 2.45) is 5.73 Å². The Labute approximate surface area is 99.9 Å². The Kier molecular flexibility index (Phi) is 3.33. The predicted octanol–water partition coefficient (Wildman–Crippen LogP) is -0.254. The van der Waals surface area contributed by atoms with Crippen LogP contribution in [0, 0.1) is 0 Å². The van der Waals surface area contributed by atoms with Gasteiger partial charge in [-0.1, -0.05) is 18.2 Å². The molecule has 1 aliphatic rings. The topological polar surface area (TPSA) is 109 Å². The highest BCUT2D eigenvalue weighted by atomic mass is 32.2. The number of primary amides is 1. The summed E-state index contributed by atoms with van der Waals surface area (Å²) in [5, 5.41) is 0. The molecule has 0 aromatic carbocycles. The molecule has 0 heterocycles. The molecular formula is C9H16N3O4S+. The number of carbonyl (C=O) groups excluding carboxylic acids is 1. The van der Waals surface area contributed by atoms with E-state index in [1.54, 1.807) is 12.2 Å². The number of allylic oxidation sites excluding steroid dienone is 2. The standard InChI is InChI=1S/C9H15N3O4S/c1-12(2,11-8(10)13)9(17(14,15)16)6-4-3-5-7-9/h3-6H,7H2,1-2H3,(H3-,10,11,13,14,15,16)/p+1. The van der Waals surface area contributed by atoms with E-state index in [0.29, 0.717) is 0 Å². The molecule has 4 N–H and O–H groups in total. The van der Waals surface area contributed by atoms with E-state index in [1.807, 2.05) is 0 Å². The van der Waals surface area contributed by atoms with E-state index in [1.165, 1.54) is 26.2 Å². The van der Waals surface area contributed by atoms with Crippen LogP contribution in [0.1, 0.15) is 6.42 Å². The lowest BCUT2D eigenvalue weighted by Crippen LogP contribution is -2.70. The molecule has 1 rings (SSSR count). The number of nitrogens with zero attached hydrogens (tertiary/aromatic N) is 1. The Balaban J connectivity index is 3.31. The first-order valence-corrected chi connectivity index (χ1v) is 6.30. The fourth-order valence-electron chi connectivity index (χ4n) is 1.85. The van der Waals surface area contributed by atoms with E-state index < -0.39 is 25.6 Å². The number of rotatable bonds is 3. The summed E-state index contributed by atoms with van der Waals surface area (Å²) in [5.41, 5.74) is 7.29. The third-order valence-electron chi connectivity index (χ3n) is 2.80. The van der Waals surface area contributed by atoms with E-state index >= 15 is 0 Å². The summed E-state index contributed by atoms with van der Waals surface area (Å²) < 4.78 is 32.1. The van der Waals surface area contributed by atoms with Gasteiger partial charge < -0.3 is 5.73 Å². The van der Waals surface area contributed by atoms with Gasteiger partial charge in [0.1, 0.15) is 0 Å². The summed E-state index contributed by atoms with van der Waals surface area (Å²) in [7, 11) is -1.56. The summed E-state index contributed by atoms with van der Waals surface area (Å²) in [6.07, 6.45) is 6.12. The van der Waals surface area contributed by atoms with Crippen LogP contribution in [0.2, 0.25) is 0 Å². The fourth-order valence-corrected chi connectivity index (χ4v) is 3.03. The smallest absolute Gasteiger partial charge is 0.348 e. The Bertz CT molecular complexity index is 480. The van der Waals surface area contributed by atoms with Gasteiger partial charge in [0.25, 0.3) is 4.87 Å². The molecule has 1 aliphatic carbocycles. The van der Waals surface area contributed by atoms with Gasteiger partial charge in [0.2, 0.25) is 0 Å². The molecule has 0 bridgehead atoms. The van der Waals surface area contributed by atoms with Crippen molar-refractivity contribution in [3.8, 4) is 0 Å². The van der Waals surface area contributed by atoms with Crippen LogP contribution in [0.5, 0.6) is 0 Å². The first kappa shape index (κ1) is 13.7. The molecule has 1 unspecified atom stereocenters. The molecule has 2 amide bonds. The first-order chi connectivity index (χ1) is 7.62. The summed E-state index contributed by atoms with van der Waals surface area (Å²) in [4.78, 5) is 9.23. The second-order valence-corrected chi connectivity index (χ2v) is 5.90. The van der Waals surface area contributed by atoms with Gasteiger partial charge in [-0.25, -0.2) is 9.39 Å². The second kappa shape index (κ2) is 4.13. The molecule has 8 heteroatoms. The maximum absolute atomic E-state index is 11.6. The van der Waals surface area contributed by atoms with E-state index in [-0.39, 0.29) is 6.42 Å². The van der Waals surface area contributed by atoms with Gasteiger partial charge in [0, 0.05) is 6.42 Å². The average molecular weight is 262 g/mol. The molecule has 7 nitrogen and oxygen atoms in total. The van der Waals surface area contributed by atoms with Gasteiger partial charge in [0.15, 0.2) is 0 Å². The van der Waals surface area contributed by atoms with Gasteiger partial charge in [-0.3, -0.25) is 4.55 Å². The van der Waals surface area contributed by atoms with Crippen molar-refractivity contribution in [1.82, 2.24) is 5.43 Å². The number of likely N-dealkylation sites (N-methyl/N-ethyl adjacent to an activating group) is 1. The van der Waals surface area contributed by atoms with E-state index in [4.69, 9.17) is 5.73 Å². The monoisotopic (exact) mass is 262 g/mol. The zero-order valence-corrected chi connectivity index (χ0v) is 10.4. The SMILES string of the molecule is C[N+](C)(NC(N)=O)C1(S(=O)(=O)O)C=CC=CC1. The molecule has 96 valence electrons. The van der Waals surface area contributed by atoms with Crippen LogP contribution in [0.3, 0.4) is 0 Å². The minimum absolute atomic E-state index is 0.0373. The molecule has 0 spiro atoms. The van der Waals surface area contributed by atoms with Crippen LogP contribution in [0.4, 0.5) is 4.79 Å². The van der Waals surface area contributed by atoms with Gasteiger partial charge >= 0.3 is 16.1 Å². The first-order valence-electron chi connectivity index (χ1n) is 4.85. The lowest BCUT2D eigenvalue weighted by molar-refractivity contribution is -0.952. The highest BCUT2D eigenvalue weighted by Gasteiger charge is 2.55. The number of hydrogen-bond acceptors (Lipinski definition) is 3. The summed E-state index contributed by atoms with van der Waals surface area (Å²) in [5.74, 6) is 0. The Morgan fingerprint density at radius 2 is 2.06 bits per heavy atom. The van der Waals surface area contributed by atoms with Crippen molar-refractivity contribution >= 4 is 16.1 Å². The zero-order valence-electron chi connectivity index (χ0n) is 9.62. The van der Waals surface area contributed by atoms with Gasteiger partial charge in [-0.05, 0) is 6.08 Å². The minimum Gasteiger partial charge on any atom is -0.348 e. The predicted molar refractivity (Wildman–Crippen MR) is 62.0 cm³/mol. The largest absolute Gasteiger partial charge is 0.356 e. The summed E-state index contributed by atoms with van der Waals surface area (Å²) in [6, 6.07) is -0.874. The third kappa shape index (κ3) is 2.33. The van der Waals surface area contributed by atoms with Crippen LogP contribution in [-0.4, -0.2) is 42.6 Å². The quantitative estimate of drug-likeness (QED) is 0.370. The Hall–Kier alpha value is -1.38. The van der Waals surface area contributed by atoms with Gasteiger partial charge in [-0.15, -0.1) is 0 Å². The van der Waals surface area contributed by atoms with Gasteiger partial charge in [-0.2, -0.15) is 13.8 Å². The summed E-state index contributed by atoms with van der Waals surface area (Å²) >= 11 is 0. The number of amides is 2. The molecular weight excluding hydrogens is 246 g/mol. The lowest BCUT2D eigenvalue weighted by Gasteiger charge is -2.42. The molecule has 0 aliphatic heterocycles. The maximum atomic E-state index is 11.6. The van der Waals surface area contributed by atoms with Crippen LogP contribution in [-0.2, 0) is 10.1 Å². The van der Waals surface area contributed by atoms with Crippen LogP contribution in [0.25, 0.3) is 0 Å². The van der Waals surface area contributed by atoms with E-state index in [0.717, 1.165) is 0 Å². The maximum Gasteiger partial charge on any atom is 0.356 e. The van der Waals surface area contributed by atoms with E-state index in [2.05, 4.69) is 5.43 Å². The highest BCUT2D eigenvalue weighted by molar-refractivity contribution is 7.87. The zero-order chi connectivity index (χ0) is 13.3. The number of hydrogen-bond donors (Lipinski definition) is 3. The molecule has 17 heavy (non-hydrogen) atoms. The molecule has 0 saturated carbocycles. The van der Waals surface area contributed by atoms with Crippen molar-refractivity contribution in [2.75, 3.05) is 14.1 Å². The number of urea groups is 1. The van der Waals surface area contributed by atoms with Gasteiger partial charge in [0.05, 0.1) is 14.1 Å². The summed E-state index contributed by atoms with van der Waals surface area (Å²) in [6.45, 7) is 0. The van der Waals surface area contributed by atoms with Crippen molar-refractivity contribution in [3.63, 3.8) is 0 Å². The van der Waals surface area contributed by atoms with E-state index in [9.17, 15) is 17.8 Å².